The minimum absolute atomic E-state index is 0.412. The van der Waals surface area contributed by atoms with Gasteiger partial charge in [0.2, 0.25) is 6.08 Å². The molecule has 2 rings (SSSR count). The molecule has 0 aliphatic rings. The fourth-order valence-corrected chi connectivity index (χ4v) is 1.78. The number of rotatable bonds is 3. The van der Waals surface area contributed by atoms with Gasteiger partial charge in [0.15, 0.2) is 0 Å². The molecule has 2 aromatic carbocycles. The lowest BCUT2D eigenvalue weighted by atomic mass is 10.1. The molecule has 0 fully saturated rings. The van der Waals surface area contributed by atoms with E-state index in [1.165, 1.54) is 18.2 Å². The highest BCUT2D eigenvalue weighted by Crippen LogP contribution is 2.30. The Labute approximate surface area is 119 Å². The monoisotopic (exact) mass is 289 g/mol. The zero-order chi connectivity index (χ0) is 15.3. The Hall–Kier alpha value is -2.65. The Balaban J connectivity index is 2.32. The normalized spacial score (nSPS) is 11.4. The van der Waals surface area contributed by atoms with Gasteiger partial charge in [-0.25, -0.2) is 4.79 Å². The molecule has 0 saturated heterocycles. The summed E-state index contributed by atoms with van der Waals surface area (Å²) in [6.07, 6.45) is 0.211. The molecule has 0 saturated carbocycles. The van der Waals surface area contributed by atoms with Crippen LogP contribution < -0.4 is 0 Å². The van der Waals surface area contributed by atoms with Crippen LogP contribution in [0.2, 0.25) is 0 Å². The van der Waals surface area contributed by atoms with Crippen molar-refractivity contribution in [2.45, 2.75) is 6.18 Å². The van der Waals surface area contributed by atoms with Crippen LogP contribution in [-0.2, 0) is 11.0 Å². The summed E-state index contributed by atoms with van der Waals surface area (Å²) in [5, 5.41) is 0. The molecular weight excluding hydrogens is 279 g/mol. The molecule has 0 aliphatic carbocycles. The molecule has 2 nitrogen and oxygen atoms in total. The summed E-state index contributed by atoms with van der Waals surface area (Å²) in [6, 6.07) is 11.8. The van der Waals surface area contributed by atoms with Gasteiger partial charge in [0.25, 0.3) is 0 Å². The number of aliphatic imine (C=N–C) groups is 1. The molecule has 0 aliphatic heterocycles. The molecule has 0 spiro atoms. The summed E-state index contributed by atoms with van der Waals surface area (Å²) < 4.78 is 37.8. The van der Waals surface area contributed by atoms with Crippen molar-refractivity contribution < 1.29 is 18.0 Å². The molecule has 5 heteroatoms. The van der Waals surface area contributed by atoms with E-state index in [0.29, 0.717) is 16.8 Å². The number of nitrogens with zero attached hydrogens (tertiary/aromatic N) is 1. The second-order valence-corrected chi connectivity index (χ2v) is 4.22. The Morgan fingerprint density at radius 1 is 1.00 bits per heavy atom. The van der Waals surface area contributed by atoms with E-state index in [9.17, 15) is 18.0 Å². The Kier molecular flexibility index (Phi) is 4.36. The number of para-hydroxylation sites is 1. The van der Waals surface area contributed by atoms with Crippen LogP contribution in [0.3, 0.4) is 0 Å². The number of carbonyl (C=O) groups excluding carboxylic acids is 1. The summed E-state index contributed by atoms with van der Waals surface area (Å²) in [7, 11) is 0. The van der Waals surface area contributed by atoms with Crippen LogP contribution >= 0.6 is 0 Å². The van der Waals surface area contributed by atoms with Crippen molar-refractivity contribution in [3.05, 3.63) is 65.2 Å². The van der Waals surface area contributed by atoms with Crippen molar-refractivity contribution in [3.8, 4) is 0 Å². The van der Waals surface area contributed by atoms with E-state index in [2.05, 4.69) is 4.99 Å². The predicted octanol–water partition coefficient (Wildman–Crippen LogP) is 4.84. The van der Waals surface area contributed by atoms with E-state index in [1.54, 1.807) is 36.4 Å². The maximum Gasteiger partial charge on any atom is 0.416 e. The SMILES string of the molecule is O=C=Nc1ccccc1C=Cc1cccc(C(F)(F)F)c1. The molecule has 21 heavy (non-hydrogen) atoms. The second-order valence-electron chi connectivity index (χ2n) is 4.22. The number of halogens is 3. The van der Waals surface area contributed by atoms with Crippen LogP contribution in [0.1, 0.15) is 16.7 Å². The van der Waals surface area contributed by atoms with E-state index in [0.717, 1.165) is 12.1 Å². The van der Waals surface area contributed by atoms with E-state index in [-0.39, 0.29) is 0 Å². The van der Waals surface area contributed by atoms with Crippen molar-refractivity contribution in [1.82, 2.24) is 0 Å². The van der Waals surface area contributed by atoms with Gasteiger partial charge < -0.3 is 0 Å². The van der Waals surface area contributed by atoms with Gasteiger partial charge in [-0.2, -0.15) is 18.2 Å². The van der Waals surface area contributed by atoms with Gasteiger partial charge in [0, 0.05) is 5.56 Å². The second kappa shape index (κ2) is 6.20. The maximum atomic E-state index is 12.6. The summed E-state index contributed by atoms with van der Waals surface area (Å²) in [5.74, 6) is 0. The summed E-state index contributed by atoms with van der Waals surface area (Å²) in [6.45, 7) is 0. The van der Waals surface area contributed by atoms with Gasteiger partial charge in [0.05, 0.1) is 11.3 Å². The van der Waals surface area contributed by atoms with Crippen LogP contribution in [-0.4, -0.2) is 6.08 Å². The van der Waals surface area contributed by atoms with Crippen molar-refractivity contribution in [2.24, 2.45) is 4.99 Å². The molecule has 2 aromatic rings. The third-order valence-corrected chi connectivity index (χ3v) is 2.77. The van der Waals surface area contributed by atoms with Gasteiger partial charge >= 0.3 is 6.18 Å². The highest BCUT2D eigenvalue weighted by Gasteiger charge is 2.30. The molecule has 0 amide bonds. The number of isocyanates is 1. The third-order valence-electron chi connectivity index (χ3n) is 2.77. The van der Waals surface area contributed by atoms with Crippen LogP contribution in [0, 0.1) is 0 Å². The number of benzene rings is 2. The minimum atomic E-state index is -4.37. The fraction of sp³-hybridized carbons (Fsp3) is 0.0625. The smallest absolute Gasteiger partial charge is 0.211 e. The number of hydrogen-bond donors (Lipinski definition) is 0. The van der Waals surface area contributed by atoms with E-state index < -0.39 is 11.7 Å². The molecule has 0 unspecified atom stereocenters. The molecule has 106 valence electrons. The highest BCUT2D eigenvalue weighted by molar-refractivity contribution is 5.76. The Morgan fingerprint density at radius 3 is 2.48 bits per heavy atom. The molecule has 0 aromatic heterocycles. The molecule has 0 atom stereocenters. The summed E-state index contributed by atoms with van der Waals surface area (Å²) in [5.41, 5.74) is 0.743. The third kappa shape index (κ3) is 3.91. The van der Waals surface area contributed by atoms with Crippen molar-refractivity contribution in [1.29, 1.82) is 0 Å². The average molecular weight is 289 g/mol. The summed E-state index contributed by atoms with van der Waals surface area (Å²) in [4.78, 5) is 13.9. The first kappa shape index (κ1) is 14.8. The zero-order valence-corrected chi connectivity index (χ0v) is 10.8. The average Bonchev–Trinajstić information content (AvgIpc) is 2.46. The quantitative estimate of drug-likeness (QED) is 0.451. The fourth-order valence-electron chi connectivity index (χ4n) is 1.78. The van der Waals surface area contributed by atoms with E-state index in [4.69, 9.17) is 0 Å². The first-order chi connectivity index (χ1) is 10.0. The maximum absolute atomic E-state index is 12.6. The zero-order valence-electron chi connectivity index (χ0n) is 10.8. The molecule has 0 heterocycles. The molecular formula is C16H10F3NO. The van der Waals surface area contributed by atoms with Crippen LogP contribution in [0.15, 0.2) is 53.5 Å². The predicted molar refractivity (Wildman–Crippen MR) is 74.6 cm³/mol. The lowest BCUT2D eigenvalue weighted by Crippen LogP contribution is -2.04. The first-order valence-electron chi connectivity index (χ1n) is 6.03. The van der Waals surface area contributed by atoms with Gasteiger partial charge in [-0.05, 0) is 23.8 Å². The molecule has 0 bridgehead atoms. The highest BCUT2D eigenvalue weighted by atomic mass is 19.4. The molecule has 0 radical (unpaired) electrons. The van der Waals surface area contributed by atoms with Crippen molar-refractivity contribution >= 4 is 23.9 Å². The van der Waals surface area contributed by atoms with Crippen LogP contribution in [0.5, 0.6) is 0 Å². The first-order valence-corrected chi connectivity index (χ1v) is 6.03. The van der Waals surface area contributed by atoms with Crippen molar-refractivity contribution in [3.63, 3.8) is 0 Å². The van der Waals surface area contributed by atoms with Gasteiger partial charge in [-0.3, -0.25) is 0 Å². The largest absolute Gasteiger partial charge is 0.416 e. The van der Waals surface area contributed by atoms with Crippen molar-refractivity contribution in [2.75, 3.05) is 0 Å². The lowest BCUT2D eigenvalue weighted by Gasteiger charge is -2.06. The van der Waals surface area contributed by atoms with E-state index in [1.807, 2.05) is 0 Å². The topological polar surface area (TPSA) is 29.4 Å². The van der Waals surface area contributed by atoms with Gasteiger partial charge in [-0.1, -0.05) is 42.5 Å². The lowest BCUT2D eigenvalue weighted by molar-refractivity contribution is -0.137. The van der Waals surface area contributed by atoms with Gasteiger partial charge in [-0.15, -0.1) is 0 Å². The number of alkyl halides is 3. The van der Waals surface area contributed by atoms with E-state index >= 15 is 0 Å². The van der Waals surface area contributed by atoms with Crippen LogP contribution in [0.4, 0.5) is 18.9 Å². The summed E-state index contributed by atoms with van der Waals surface area (Å²) >= 11 is 0. The molecule has 0 N–H and O–H groups in total. The Morgan fingerprint density at radius 2 is 1.76 bits per heavy atom. The standard InChI is InChI=1S/C16H10F3NO/c17-16(18,19)14-6-3-4-12(10-14)8-9-13-5-1-2-7-15(13)20-11-21/h1-10H. The number of hydrogen-bond acceptors (Lipinski definition) is 2. The van der Waals surface area contributed by atoms with Gasteiger partial charge in [0.1, 0.15) is 0 Å². The Bertz CT molecular complexity index is 713. The minimum Gasteiger partial charge on any atom is -0.211 e. The van der Waals surface area contributed by atoms with Crippen LogP contribution in [0.25, 0.3) is 12.2 Å².